The van der Waals surface area contributed by atoms with E-state index >= 15 is 0 Å². The molecule has 0 aliphatic heterocycles. The summed E-state index contributed by atoms with van der Waals surface area (Å²) in [7, 11) is 0. The Hall–Kier alpha value is -2.37. The Labute approximate surface area is 147 Å². The first-order valence-corrected chi connectivity index (χ1v) is 8.66. The molecule has 3 atom stereocenters. The molecule has 1 aliphatic carbocycles. The molecule has 25 heavy (non-hydrogen) atoms. The second-order valence-electron chi connectivity index (χ2n) is 6.51. The fourth-order valence-electron chi connectivity index (χ4n) is 3.48. The van der Waals surface area contributed by atoms with E-state index in [4.69, 9.17) is 5.11 Å². The van der Waals surface area contributed by atoms with Gasteiger partial charge >= 0.3 is 6.09 Å². The third-order valence-electron chi connectivity index (χ3n) is 4.78. The number of hydrogen-bond donors (Lipinski definition) is 4. The molecule has 132 valence electrons. The van der Waals surface area contributed by atoms with E-state index in [2.05, 4.69) is 22.8 Å². The van der Waals surface area contributed by atoms with E-state index in [1.807, 2.05) is 42.5 Å². The first kappa shape index (κ1) is 17.5. The molecule has 0 aromatic heterocycles. The summed E-state index contributed by atoms with van der Waals surface area (Å²) in [4.78, 5) is 11.1. The molecule has 0 bridgehead atoms. The van der Waals surface area contributed by atoms with Crippen LogP contribution in [0.2, 0.25) is 0 Å². The predicted octanol–water partition coefficient (Wildman–Crippen LogP) is 2.50. The molecule has 1 unspecified atom stereocenters. The molecule has 1 aliphatic rings. The molecule has 0 heterocycles. The van der Waals surface area contributed by atoms with Crippen molar-refractivity contribution in [3.05, 3.63) is 71.3 Å². The summed E-state index contributed by atoms with van der Waals surface area (Å²) in [6.07, 6.45) is 0.569. The van der Waals surface area contributed by atoms with Crippen LogP contribution in [0, 0.1) is 0 Å². The van der Waals surface area contributed by atoms with Gasteiger partial charge in [0.2, 0.25) is 0 Å². The Morgan fingerprint density at radius 1 is 1.12 bits per heavy atom. The van der Waals surface area contributed by atoms with Crippen molar-refractivity contribution in [2.45, 2.75) is 37.5 Å². The molecular weight excluding hydrogens is 316 g/mol. The van der Waals surface area contributed by atoms with E-state index < -0.39 is 18.2 Å². The van der Waals surface area contributed by atoms with E-state index in [1.165, 1.54) is 11.1 Å². The summed E-state index contributed by atoms with van der Waals surface area (Å²) in [5.74, 6) is 0. The van der Waals surface area contributed by atoms with Gasteiger partial charge in [0.25, 0.3) is 0 Å². The topological polar surface area (TPSA) is 81.6 Å². The van der Waals surface area contributed by atoms with Crippen molar-refractivity contribution in [3.8, 4) is 0 Å². The van der Waals surface area contributed by atoms with Gasteiger partial charge in [0.05, 0.1) is 12.1 Å². The van der Waals surface area contributed by atoms with Gasteiger partial charge in [-0.25, -0.2) is 4.79 Å². The van der Waals surface area contributed by atoms with Gasteiger partial charge in [0.1, 0.15) is 0 Å². The van der Waals surface area contributed by atoms with Crippen LogP contribution in [-0.4, -0.2) is 35.0 Å². The summed E-state index contributed by atoms with van der Waals surface area (Å²) in [5.41, 5.74) is 3.62. The van der Waals surface area contributed by atoms with Gasteiger partial charge in [0.15, 0.2) is 0 Å². The Bertz CT molecular complexity index is 705. The van der Waals surface area contributed by atoms with Crippen LogP contribution in [0.4, 0.5) is 4.79 Å². The number of hydrogen-bond acceptors (Lipinski definition) is 3. The Morgan fingerprint density at radius 3 is 2.60 bits per heavy atom. The van der Waals surface area contributed by atoms with E-state index in [0.29, 0.717) is 13.0 Å². The summed E-state index contributed by atoms with van der Waals surface area (Å²) in [6.45, 7) is 0.344. The molecule has 5 heteroatoms. The second kappa shape index (κ2) is 8.14. The van der Waals surface area contributed by atoms with Crippen LogP contribution in [-0.2, 0) is 12.8 Å². The van der Waals surface area contributed by atoms with Gasteiger partial charge in [-0.3, -0.25) is 0 Å². The summed E-state index contributed by atoms with van der Waals surface area (Å²) in [6, 6.07) is 17.6. The highest BCUT2D eigenvalue weighted by atomic mass is 16.4. The fraction of sp³-hybridized carbons (Fsp3) is 0.350. The number of aliphatic hydroxyl groups is 1. The van der Waals surface area contributed by atoms with Crippen molar-refractivity contribution in [1.29, 1.82) is 0 Å². The highest BCUT2D eigenvalue weighted by Crippen LogP contribution is 2.30. The third-order valence-corrected chi connectivity index (χ3v) is 4.78. The monoisotopic (exact) mass is 340 g/mol. The maximum atomic E-state index is 11.1. The van der Waals surface area contributed by atoms with Gasteiger partial charge in [0, 0.05) is 12.6 Å². The van der Waals surface area contributed by atoms with Crippen molar-refractivity contribution in [2.24, 2.45) is 0 Å². The maximum absolute atomic E-state index is 11.1. The van der Waals surface area contributed by atoms with Crippen LogP contribution in [0.3, 0.4) is 0 Å². The standard InChI is InChI=1S/C20H24N2O3/c23-19(13-21-17-11-10-15-8-4-5-9-16(15)17)18(22-20(24)25)12-14-6-2-1-3-7-14/h1-9,17-19,21-23H,10-13H2,(H,24,25)/t17?,18-,19-/m0/s1. The number of carbonyl (C=O) groups is 1. The lowest BCUT2D eigenvalue weighted by Gasteiger charge is -2.25. The number of aliphatic hydroxyl groups excluding tert-OH is 1. The summed E-state index contributed by atoms with van der Waals surface area (Å²) >= 11 is 0. The van der Waals surface area contributed by atoms with Gasteiger partial charge < -0.3 is 20.8 Å². The van der Waals surface area contributed by atoms with Crippen molar-refractivity contribution in [3.63, 3.8) is 0 Å². The Balaban J connectivity index is 1.60. The van der Waals surface area contributed by atoms with Crippen molar-refractivity contribution in [1.82, 2.24) is 10.6 Å². The first-order chi connectivity index (χ1) is 12.1. The number of rotatable bonds is 7. The highest BCUT2D eigenvalue weighted by Gasteiger charge is 2.25. The minimum atomic E-state index is -1.12. The average molecular weight is 340 g/mol. The van der Waals surface area contributed by atoms with Gasteiger partial charge in [-0.05, 0) is 36.0 Å². The minimum Gasteiger partial charge on any atom is -0.465 e. The molecule has 3 rings (SSSR count). The van der Waals surface area contributed by atoms with E-state index in [1.54, 1.807) is 0 Å². The van der Waals surface area contributed by atoms with Crippen molar-refractivity contribution in [2.75, 3.05) is 6.54 Å². The molecule has 1 amide bonds. The summed E-state index contributed by atoms with van der Waals surface area (Å²) < 4.78 is 0. The Morgan fingerprint density at radius 2 is 1.84 bits per heavy atom. The quantitative estimate of drug-likeness (QED) is 0.624. The average Bonchev–Trinajstić information content (AvgIpc) is 3.03. The van der Waals surface area contributed by atoms with Crippen molar-refractivity contribution >= 4 is 6.09 Å². The lowest BCUT2D eigenvalue weighted by Crippen LogP contribution is -2.48. The molecule has 2 aromatic carbocycles. The van der Waals surface area contributed by atoms with Gasteiger partial charge in [-0.1, -0.05) is 54.6 Å². The number of nitrogens with one attached hydrogen (secondary N) is 2. The lowest BCUT2D eigenvalue weighted by molar-refractivity contribution is 0.115. The van der Waals surface area contributed by atoms with Gasteiger partial charge in [-0.2, -0.15) is 0 Å². The van der Waals surface area contributed by atoms with Crippen LogP contribution in [0.5, 0.6) is 0 Å². The van der Waals surface area contributed by atoms with Crippen molar-refractivity contribution < 1.29 is 15.0 Å². The van der Waals surface area contributed by atoms with Crippen LogP contribution < -0.4 is 10.6 Å². The normalized spacial score (nSPS) is 18.4. The molecule has 0 radical (unpaired) electrons. The SMILES string of the molecule is O=C(O)N[C@@H](Cc1ccccc1)[C@@H](O)CNC1CCc2ccccc21. The number of fused-ring (bicyclic) bond motifs is 1. The number of amides is 1. The molecule has 0 saturated carbocycles. The lowest BCUT2D eigenvalue weighted by atomic mass is 10.0. The number of benzene rings is 2. The second-order valence-corrected chi connectivity index (χ2v) is 6.51. The van der Waals surface area contributed by atoms with Gasteiger partial charge in [-0.15, -0.1) is 0 Å². The van der Waals surface area contributed by atoms with Crippen LogP contribution in [0.25, 0.3) is 0 Å². The minimum absolute atomic E-state index is 0.216. The van der Waals surface area contributed by atoms with Crippen LogP contribution >= 0.6 is 0 Å². The molecule has 2 aromatic rings. The maximum Gasteiger partial charge on any atom is 0.404 e. The smallest absolute Gasteiger partial charge is 0.404 e. The molecule has 0 saturated heterocycles. The van der Waals surface area contributed by atoms with E-state index in [-0.39, 0.29) is 6.04 Å². The molecule has 0 fully saturated rings. The third kappa shape index (κ3) is 4.59. The zero-order chi connectivity index (χ0) is 17.6. The zero-order valence-corrected chi connectivity index (χ0v) is 14.1. The molecule has 0 spiro atoms. The molecule has 5 nitrogen and oxygen atoms in total. The van der Waals surface area contributed by atoms with Crippen LogP contribution in [0.15, 0.2) is 54.6 Å². The highest BCUT2D eigenvalue weighted by molar-refractivity contribution is 5.65. The van der Waals surface area contributed by atoms with E-state index in [9.17, 15) is 9.90 Å². The largest absolute Gasteiger partial charge is 0.465 e. The summed E-state index contributed by atoms with van der Waals surface area (Å²) in [5, 5.41) is 25.5. The number of aryl methyl sites for hydroxylation is 1. The molecular formula is C20H24N2O3. The first-order valence-electron chi connectivity index (χ1n) is 8.66. The Kier molecular flexibility index (Phi) is 5.68. The number of carboxylic acid groups (broad SMARTS) is 1. The van der Waals surface area contributed by atoms with Crippen LogP contribution in [0.1, 0.15) is 29.2 Å². The zero-order valence-electron chi connectivity index (χ0n) is 14.1. The molecule has 4 N–H and O–H groups in total. The predicted molar refractivity (Wildman–Crippen MR) is 96.6 cm³/mol. The van der Waals surface area contributed by atoms with E-state index in [0.717, 1.165) is 18.4 Å². The fourth-order valence-corrected chi connectivity index (χ4v) is 3.48.